The quantitative estimate of drug-likeness (QED) is 0.00364. The van der Waals surface area contributed by atoms with Gasteiger partial charge in [-0.2, -0.15) is 0 Å². The molecule has 8 rings (SSSR count). The fourth-order valence-electron chi connectivity index (χ4n) is 12.8. The molecule has 3 fully saturated rings. The summed E-state index contributed by atoms with van der Waals surface area (Å²) in [4.78, 5) is 184. The number of nitrogens with one attached hydrogen (secondary N) is 6. The van der Waals surface area contributed by atoms with Crippen molar-refractivity contribution in [3.8, 4) is 0 Å². The Kier molecular flexibility index (Phi) is 34.7. The van der Waals surface area contributed by atoms with Crippen LogP contribution < -0.4 is 32.3 Å². The van der Waals surface area contributed by atoms with Gasteiger partial charge in [0.1, 0.15) is 49.5 Å². The van der Waals surface area contributed by atoms with Crippen molar-refractivity contribution < 1.29 is 71.7 Å². The number of Topliss-reactive ketones (excluding diaryl/α,β-unsaturated/α-hetero) is 1. The van der Waals surface area contributed by atoms with Gasteiger partial charge in [0.2, 0.25) is 35.4 Å². The van der Waals surface area contributed by atoms with Crippen LogP contribution in [0.15, 0.2) is 120 Å². The lowest BCUT2D eigenvalue weighted by atomic mass is 9.91. The van der Waals surface area contributed by atoms with Crippen molar-refractivity contribution in [3.63, 3.8) is 0 Å². The molecule has 4 aromatic carbocycles. The fourth-order valence-corrected chi connectivity index (χ4v) is 17.2. The highest BCUT2D eigenvalue weighted by Gasteiger charge is 2.42. The molecule has 9 amide bonds. The molecule has 0 unspecified atom stereocenters. The number of ether oxygens (including phenoxy) is 3. The van der Waals surface area contributed by atoms with E-state index in [2.05, 4.69) is 51.6 Å². The van der Waals surface area contributed by atoms with Crippen LogP contribution in [0.25, 0.3) is 31.8 Å². The number of aromatic nitrogens is 1. The SMILES string of the molecule is CN(C)CCCC[C@H](NC(=O)[C@H](CSSC(C)(C)C)NC(=O)OCc1ccc(N=[N+]=[N-])cc1)C(=O)N[C@@H](Cc1c[nH]c2ccccc12)C(=O)OCC(=O)N1CCC[C@H]1C(=O)C[C@@H](CCCCNC(=O)[C@@H]1CSCN1C(=O)OCc1ccc(N=[N+]=[N-])cc1)C(=O)N[C@@H](CC(=O)SCc1ccccc1)C(=O)N1CCC[C@H]1C(N)=O. The van der Waals surface area contributed by atoms with Crippen LogP contribution in [0, 0.1) is 5.92 Å². The van der Waals surface area contributed by atoms with Crippen molar-refractivity contribution in [3.05, 3.63) is 152 Å². The van der Waals surface area contributed by atoms with E-state index in [1.807, 2.05) is 88.3 Å². The fraction of sp³-hybridized carbons (Fsp3) is 0.500. The molecule has 32 nitrogen and oxygen atoms in total. The van der Waals surface area contributed by atoms with Crippen molar-refractivity contribution in [2.24, 2.45) is 21.9 Å². The number of carbonyl (C=O) groups is 12. The summed E-state index contributed by atoms with van der Waals surface area (Å²) in [5.41, 5.74) is 27.4. The number of amides is 9. The molecule has 0 radical (unpaired) electrons. The van der Waals surface area contributed by atoms with Gasteiger partial charge in [0, 0.05) is 105 Å². The van der Waals surface area contributed by atoms with Gasteiger partial charge < -0.3 is 66.2 Å². The molecule has 36 heteroatoms. The van der Waals surface area contributed by atoms with E-state index in [1.54, 1.807) is 60.8 Å². The largest absolute Gasteiger partial charge is 0.454 e. The molecule has 3 saturated heterocycles. The maximum Gasteiger partial charge on any atom is 0.411 e. The molecule has 0 aliphatic carbocycles. The summed E-state index contributed by atoms with van der Waals surface area (Å²) in [5.74, 6) is -6.88. The normalized spacial score (nSPS) is 16.7. The number of carbonyl (C=O) groups excluding carboxylic acids is 12. The minimum atomic E-state index is -1.49. The molecule has 8 atom stereocenters. The number of nitrogens with zero attached hydrogens (tertiary/aromatic N) is 10. The summed E-state index contributed by atoms with van der Waals surface area (Å²) in [6.45, 7) is 5.70. The standard InChI is InChI=1S/C76H97N17O15S4/c1-76(2,3)112-111-45-60(85-74(104)107-41-48-25-29-53(30-26-48)86-88-78)70(100)82-57(22-12-14-34-90(4)5)69(99)84-59(37-52-40-81-56-21-10-9-20-55(52)56)73(103)106-43-65(95)91-35-15-23-61(91)64(94)38-51(19-11-13-33-80-71(101)63-46-109-47-93(63)75(105)108-42-49-27-31-54(32-28-49)87-89-79)68(98)83-58(72(102)92-36-16-24-62(92)67(77)97)39-66(96)110-44-50-17-7-6-8-18-50/h6-10,17-18,20-21,25-32,40,51,57-63,81H,11-16,19,22-24,33-39,41-47H2,1-5H3,(H2,77,97)(H,80,101)(H,82,100)(H,83,98)(H,84,99)(H,85,104)/t51-,57+,58+,59+,60+,61+,62+,63+/m1/s1. The van der Waals surface area contributed by atoms with E-state index in [9.17, 15) is 57.5 Å². The second-order valence-electron chi connectivity index (χ2n) is 28.5. The number of ketones is 1. The van der Waals surface area contributed by atoms with Gasteiger partial charge in [0.15, 0.2) is 17.5 Å². The number of nitrogens with two attached hydrogens (primary N) is 1. The van der Waals surface area contributed by atoms with Crippen LogP contribution >= 0.6 is 45.1 Å². The number of likely N-dealkylation sites (tertiary alicyclic amines) is 2. The predicted molar refractivity (Wildman–Crippen MR) is 428 cm³/mol. The number of hydrogen-bond donors (Lipinski definition) is 7. The Morgan fingerprint density at radius 3 is 1.96 bits per heavy atom. The number of alkyl carbamates (subject to hydrolysis) is 1. The molecule has 112 heavy (non-hydrogen) atoms. The Morgan fingerprint density at radius 2 is 1.29 bits per heavy atom. The van der Waals surface area contributed by atoms with Crippen LogP contribution in [0.3, 0.4) is 0 Å². The summed E-state index contributed by atoms with van der Waals surface area (Å²) in [5, 5.41) is 21.3. The first-order chi connectivity index (χ1) is 53.8. The van der Waals surface area contributed by atoms with Crippen LogP contribution in [0.5, 0.6) is 0 Å². The number of aromatic amines is 1. The molecular formula is C76H97N17O15S4. The molecule has 1 aromatic heterocycles. The zero-order valence-electron chi connectivity index (χ0n) is 63.3. The number of H-pyrrole nitrogens is 1. The van der Waals surface area contributed by atoms with Gasteiger partial charge in [0.05, 0.1) is 11.9 Å². The number of primary amides is 1. The average molecular weight is 1620 g/mol. The van der Waals surface area contributed by atoms with Crippen LogP contribution in [0.1, 0.15) is 120 Å². The lowest BCUT2D eigenvalue weighted by molar-refractivity contribution is -0.155. The predicted octanol–water partition coefficient (Wildman–Crippen LogP) is 9.69. The van der Waals surface area contributed by atoms with Crippen molar-refractivity contribution >= 4 is 138 Å². The monoisotopic (exact) mass is 1620 g/mol. The lowest BCUT2D eigenvalue weighted by Crippen LogP contribution is -2.57. The summed E-state index contributed by atoms with van der Waals surface area (Å²) >= 11 is 2.30. The minimum Gasteiger partial charge on any atom is -0.454 e. The first-order valence-electron chi connectivity index (χ1n) is 37.0. The van der Waals surface area contributed by atoms with Gasteiger partial charge in [-0.3, -0.25) is 48.1 Å². The van der Waals surface area contributed by atoms with Crippen molar-refractivity contribution in [2.75, 3.05) is 64.3 Å². The number of hydrogen-bond acceptors (Lipinski definition) is 22. The lowest BCUT2D eigenvalue weighted by Gasteiger charge is -2.29. The Hall–Kier alpha value is -9.96. The third kappa shape index (κ3) is 27.8. The average Bonchev–Trinajstić information content (AvgIpc) is 1.66. The maximum absolute atomic E-state index is 15.0. The molecule has 0 saturated carbocycles. The number of azide groups is 2. The number of para-hydroxylation sites is 1. The number of unbranched alkanes of at least 4 members (excludes halogenated alkanes) is 2. The molecule has 0 bridgehead atoms. The van der Waals surface area contributed by atoms with Gasteiger partial charge in [-0.1, -0.05) is 168 Å². The first kappa shape index (κ1) is 87.6. The van der Waals surface area contributed by atoms with Crippen molar-refractivity contribution in [1.29, 1.82) is 0 Å². The highest BCUT2D eigenvalue weighted by Crippen LogP contribution is 2.36. The van der Waals surface area contributed by atoms with Gasteiger partial charge in [-0.05, 0) is 118 Å². The van der Waals surface area contributed by atoms with E-state index in [0.717, 1.165) is 28.2 Å². The zero-order chi connectivity index (χ0) is 80.7. The summed E-state index contributed by atoms with van der Waals surface area (Å²) in [6.07, 6.45) is 1.80. The maximum atomic E-state index is 15.0. The summed E-state index contributed by atoms with van der Waals surface area (Å²) in [6, 6.07) is 20.8. The van der Waals surface area contributed by atoms with E-state index in [0.29, 0.717) is 60.3 Å². The van der Waals surface area contributed by atoms with E-state index in [-0.39, 0.29) is 106 Å². The molecule has 3 aliphatic rings. The topological polar surface area (TPSA) is 445 Å². The van der Waals surface area contributed by atoms with Gasteiger partial charge in [0.25, 0.3) is 5.91 Å². The van der Waals surface area contributed by atoms with Crippen LogP contribution in [-0.2, 0) is 87.5 Å². The third-order valence-corrected chi connectivity index (χ3v) is 24.0. The molecule has 4 heterocycles. The third-order valence-electron chi connectivity index (χ3n) is 18.7. The number of thioether (sulfide) groups is 2. The molecule has 8 N–H and O–H groups in total. The Labute approximate surface area is 665 Å². The Morgan fingerprint density at radius 1 is 0.670 bits per heavy atom. The van der Waals surface area contributed by atoms with Gasteiger partial charge in [-0.15, -0.1) is 11.8 Å². The van der Waals surface area contributed by atoms with Crippen molar-refractivity contribution in [1.82, 2.24) is 51.2 Å². The number of benzene rings is 4. The second-order valence-corrected chi connectivity index (χ2v) is 33.7. The number of rotatable bonds is 41. The van der Waals surface area contributed by atoms with Gasteiger partial charge >= 0.3 is 18.2 Å². The molecule has 3 aliphatic heterocycles. The highest BCUT2D eigenvalue weighted by atomic mass is 33.1. The second kappa shape index (κ2) is 44.3. The van der Waals surface area contributed by atoms with E-state index < -0.39 is 138 Å². The van der Waals surface area contributed by atoms with Gasteiger partial charge in [-0.25, -0.2) is 14.4 Å². The summed E-state index contributed by atoms with van der Waals surface area (Å²) < 4.78 is 16.6. The first-order valence-corrected chi connectivity index (χ1v) is 41.4. The zero-order valence-corrected chi connectivity index (χ0v) is 66.6. The summed E-state index contributed by atoms with van der Waals surface area (Å²) in [7, 11) is 6.59. The Bertz CT molecular complexity index is 4200. The molecule has 5 aromatic rings. The Balaban J connectivity index is 0.970. The van der Waals surface area contributed by atoms with E-state index in [4.69, 9.17) is 31.0 Å². The minimum absolute atomic E-state index is 0.00408. The van der Waals surface area contributed by atoms with Crippen LogP contribution in [0.4, 0.5) is 21.0 Å². The smallest absolute Gasteiger partial charge is 0.411 e. The highest BCUT2D eigenvalue weighted by molar-refractivity contribution is 8.77. The number of fused-ring (bicyclic) bond motifs is 1. The van der Waals surface area contributed by atoms with E-state index >= 15 is 0 Å². The molecule has 600 valence electrons. The number of esters is 1. The van der Waals surface area contributed by atoms with Crippen molar-refractivity contribution in [2.45, 2.75) is 170 Å². The molecule has 0 spiro atoms. The van der Waals surface area contributed by atoms with Crippen LogP contribution in [0.2, 0.25) is 0 Å². The van der Waals surface area contributed by atoms with E-state index in [1.165, 1.54) is 48.0 Å². The van der Waals surface area contributed by atoms with Crippen LogP contribution in [-0.4, -0.2) is 206 Å². The molecular weight excluding hydrogens is 1520 g/mol.